The SMILES string of the molecule is [CH2]c1c(OCCCC)ccc(OCCCC)c1OCCCC. The molecule has 1 rings (SSSR count). The lowest BCUT2D eigenvalue weighted by atomic mass is 10.2. The third-order valence-corrected chi connectivity index (χ3v) is 3.44. The standard InChI is InChI=1S/C19H31O3/c1-5-8-13-20-17-11-12-18(21-14-9-6-2)19(16(17)4)22-15-10-7-3/h11-12H,4-10,13-15H2,1-3H3. The maximum Gasteiger partial charge on any atom is 0.168 e. The van der Waals surface area contributed by atoms with Crippen LogP contribution in [0.3, 0.4) is 0 Å². The van der Waals surface area contributed by atoms with Gasteiger partial charge in [-0.15, -0.1) is 0 Å². The minimum atomic E-state index is 0.682. The zero-order chi connectivity index (χ0) is 16.2. The highest BCUT2D eigenvalue weighted by Gasteiger charge is 2.14. The molecule has 0 fully saturated rings. The average Bonchev–Trinajstić information content (AvgIpc) is 2.52. The first-order chi connectivity index (χ1) is 10.7. The van der Waals surface area contributed by atoms with Gasteiger partial charge in [-0.05, 0) is 38.3 Å². The Morgan fingerprint density at radius 1 is 0.727 bits per heavy atom. The van der Waals surface area contributed by atoms with Gasteiger partial charge < -0.3 is 14.2 Å². The second kappa shape index (κ2) is 11.2. The summed E-state index contributed by atoms with van der Waals surface area (Å²) in [5.41, 5.74) is 0.793. The Bertz CT molecular complexity index is 415. The molecule has 0 aliphatic carbocycles. The fourth-order valence-corrected chi connectivity index (χ4v) is 1.97. The lowest BCUT2D eigenvalue weighted by molar-refractivity contribution is 0.256. The molecule has 0 saturated heterocycles. The Hall–Kier alpha value is -1.38. The van der Waals surface area contributed by atoms with Gasteiger partial charge >= 0.3 is 0 Å². The van der Waals surface area contributed by atoms with Gasteiger partial charge in [-0.1, -0.05) is 40.0 Å². The van der Waals surface area contributed by atoms with Crippen molar-refractivity contribution < 1.29 is 14.2 Å². The van der Waals surface area contributed by atoms with Crippen molar-refractivity contribution in [1.29, 1.82) is 0 Å². The van der Waals surface area contributed by atoms with Crippen LogP contribution in [0.2, 0.25) is 0 Å². The van der Waals surface area contributed by atoms with Crippen molar-refractivity contribution in [2.75, 3.05) is 19.8 Å². The summed E-state index contributed by atoms with van der Waals surface area (Å²) in [6.07, 6.45) is 6.43. The van der Waals surface area contributed by atoms with Crippen LogP contribution < -0.4 is 14.2 Å². The maximum absolute atomic E-state index is 5.92. The second-order valence-corrected chi connectivity index (χ2v) is 5.48. The van der Waals surface area contributed by atoms with E-state index < -0.39 is 0 Å². The van der Waals surface area contributed by atoms with E-state index in [0.717, 1.165) is 61.3 Å². The summed E-state index contributed by atoms with van der Waals surface area (Å²) in [5.74, 6) is 2.30. The van der Waals surface area contributed by atoms with E-state index in [0.29, 0.717) is 19.8 Å². The van der Waals surface area contributed by atoms with Gasteiger partial charge in [0.15, 0.2) is 11.5 Å². The first-order valence-electron chi connectivity index (χ1n) is 8.61. The smallest absolute Gasteiger partial charge is 0.168 e. The molecule has 0 atom stereocenters. The highest BCUT2D eigenvalue weighted by Crippen LogP contribution is 2.37. The molecule has 1 aromatic rings. The van der Waals surface area contributed by atoms with Gasteiger partial charge in [0.05, 0.1) is 19.8 Å². The molecule has 0 aromatic heterocycles. The summed E-state index contributed by atoms with van der Waals surface area (Å²) < 4.78 is 17.6. The summed E-state index contributed by atoms with van der Waals surface area (Å²) >= 11 is 0. The van der Waals surface area contributed by atoms with E-state index in [1.807, 2.05) is 12.1 Å². The van der Waals surface area contributed by atoms with Gasteiger partial charge in [-0.3, -0.25) is 0 Å². The summed E-state index contributed by atoms with van der Waals surface area (Å²) in [5, 5.41) is 0. The van der Waals surface area contributed by atoms with Crippen LogP contribution in [0.15, 0.2) is 12.1 Å². The number of ether oxygens (including phenoxy) is 3. The van der Waals surface area contributed by atoms with Gasteiger partial charge in [-0.2, -0.15) is 0 Å². The molecule has 0 saturated carbocycles. The molecule has 0 unspecified atom stereocenters. The second-order valence-electron chi connectivity index (χ2n) is 5.48. The summed E-state index contributed by atoms with van der Waals surface area (Å²) in [7, 11) is 0. The molecule has 0 aliphatic rings. The van der Waals surface area contributed by atoms with E-state index in [9.17, 15) is 0 Å². The molecular formula is C19H31O3. The lowest BCUT2D eigenvalue weighted by Crippen LogP contribution is -2.05. The highest BCUT2D eigenvalue weighted by molar-refractivity contribution is 5.55. The van der Waals surface area contributed by atoms with Crippen LogP contribution in [0.25, 0.3) is 0 Å². The molecule has 3 heteroatoms. The van der Waals surface area contributed by atoms with E-state index in [1.54, 1.807) is 0 Å². The first-order valence-corrected chi connectivity index (χ1v) is 8.61. The Morgan fingerprint density at radius 3 is 1.73 bits per heavy atom. The van der Waals surface area contributed by atoms with Crippen LogP contribution >= 0.6 is 0 Å². The van der Waals surface area contributed by atoms with Gasteiger partial charge in [0, 0.05) is 5.56 Å². The van der Waals surface area contributed by atoms with E-state index in [-0.39, 0.29) is 0 Å². The predicted octanol–water partition coefficient (Wildman–Crippen LogP) is 5.41. The van der Waals surface area contributed by atoms with Crippen molar-refractivity contribution >= 4 is 0 Å². The zero-order valence-electron chi connectivity index (χ0n) is 14.5. The molecule has 125 valence electrons. The quantitative estimate of drug-likeness (QED) is 0.483. The molecule has 1 aromatic carbocycles. The average molecular weight is 307 g/mol. The molecular weight excluding hydrogens is 276 g/mol. The number of rotatable bonds is 12. The highest BCUT2D eigenvalue weighted by atomic mass is 16.5. The Labute approximate surface area is 136 Å². The van der Waals surface area contributed by atoms with Crippen molar-refractivity contribution in [3.05, 3.63) is 24.6 Å². The summed E-state index contributed by atoms with van der Waals surface area (Å²) in [4.78, 5) is 0. The lowest BCUT2D eigenvalue weighted by Gasteiger charge is -2.18. The monoisotopic (exact) mass is 307 g/mol. The van der Waals surface area contributed by atoms with Crippen LogP contribution in [-0.4, -0.2) is 19.8 Å². The third-order valence-electron chi connectivity index (χ3n) is 3.44. The molecule has 22 heavy (non-hydrogen) atoms. The Morgan fingerprint density at radius 2 is 1.18 bits per heavy atom. The normalized spacial score (nSPS) is 10.5. The van der Waals surface area contributed by atoms with Crippen molar-refractivity contribution in [2.45, 2.75) is 59.3 Å². The fraction of sp³-hybridized carbons (Fsp3) is 0.632. The van der Waals surface area contributed by atoms with Crippen LogP contribution in [0.5, 0.6) is 17.2 Å². The molecule has 0 aliphatic heterocycles. The van der Waals surface area contributed by atoms with Crippen molar-refractivity contribution in [1.82, 2.24) is 0 Å². The fourth-order valence-electron chi connectivity index (χ4n) is 1.97. The van der Waals surface area contributed by atoms with Crippen molar-refractivity contribution in [3.8, 4) is 17.2 Å². The number of hydrogen-bond acceptors (Lipinski definition) is 3. The first kappa shape index (κ1) is 18.7. The molecule has 3 nitrogen and oxygen atoms in total. The number of hydrogen-bond donors (Lipinski definition) is 0. The van der Waals surface area contributed by atoms with Crippen LogP contribution in [-0.2, 0) is 0 Å². The molecule has 1 radical (unpaired) electrons. The van der Waals surface area contributed by atoms with E-state index in [1.165, 1.54) is 0 Å². The molecule has 0 heterocycles. The van der Waals surface area contributed by atoms with Gasteiger partial charge in [-0.25, -0.2) is 0 Å². The summed E-state index contributed by atoms with van der Waals surface area (Å²) in [6, 6.07) is 3.87. The maximum atomic E-state index is 5.92. The molecule has 0 bridgehead atoms. The molecule has 0 spiro atoms. The molecule has 0 N–H and O–H groups in total. The zero-order valence-corrected chi connectivity index (χ0v) is 14.5. The molecule has 0 amide bonds. The minimum Gasteiger partial charge on any atom is -0.493 e. The Balaban J connectivity index is 2.82. The minimum absolute atomic E-state index is 0.682. The van der Waals surface area contributed by atoms with Crippen LogP contribution in [0, 0.1) is 6.92 Å². The summed E-state index contributed by atoms with van der Waals surface area (Å²) in [6.45, 7) is 12.7. The number of benzene rings is 1. The van der Waals surface area contributed by atoms with Gasteiger partial charge in [0.1, 0.15) is 5.75 Å². The van der Waals surface area contributed by atoms with Gasteiger partial charge in [0.2, 0.25) is 0 Å². The van der Waals surface area contributed by atoms with Gasteiger partial charge in [0.25, 0.3) is 0 Å². The van der Waals surface area contributed by atoms with E-state index in [4.69, 9.17) is 14.2 Å². The van der Waals surface area contributed by atoms with Crippen LogP contribution in [0.1, 0.15) is 64.9 Å². The van der Waals surface area contributed by atoms with Crippen LogP contribution in [0.4, 0.5) is 0 Å². The Kier molecular flexibility index (Phi) is 9.52. The largest absolute Gasteiger partial charge is 0.493 e. The predicted molar refractivity (Wildman–Crippen MR) is 92.1 cm³/mol. The van der Waals surface area contributed by atoms with E-state index >= 15 is 0 Å². The van der Waals surface area contributed by atoms with Crippen molar-refractivity contribution in [2.24, 2.45) is 0 Å². The third kappa shape index (κ3) is 6.17. The van der Waals surface area contributed by atoms with E-state index in [2.05, 4.69) is 27.7 Å². The topological polar surface area (TPSA) is 27.7 Å². The number of unbranched alkanes of at least 4 members (excludes halogenated alkanes) is 3. The van der Waals surface area contributed by atoms with Crippen molar-refractivity contribution in [3.63, 3.8) is 0 Å².